The standard InChI is InChI=1S/C11H15NO3/c1-7-3-4-8(9(13)5-12-2)11-10(7)14-6-15-11/h3-4,9,12-13H,5-6H2,1-2H3. The van der Waals surface area contributed by atoms with E-state index in [1.54, 1.807) is 7.05 Å². The summed E-state index contributed by atoms with van der Waals surface area (Å²) in [6, 6.07) is 3.81. The second-order valence-electron chi connectivity index (χ2n) is 3.61. The molecule has 0 fully saturated rings. The third kappa shape index (κ3) is 1.78. The molecule has 0 bridgehead atoms. The van der Waals surface area contributed by atoms with Gasteiger partial charge in [0.25, 0.3) is 0 Å². The van der Waals surface area contributed by atoms with Gasteiger partial charge in [-0.2, -0.15) is 0 Å². The molecule has 0 aromatic heterocycles. The minimum atomic E-state index is -0.564. The van der Waals surface area contributed by atoms with E-state index in [1.165, 1.54) is 0 Å². The Morgan fingerprint density at radius 3 is 2.87 bits per heavy atom. The maximum atomic E-state index is 9.88. The number of hydrogen-bond acceptors (Lipinski definition) is 4. The molecule has 0 aliphatic carbocycles. The summed E-state index contributed by atoms with van der Waals surface area (Å²) in [5, 5.41) is 12.8. The molecular formula is C11H15NO3. The van der Waals surface area contributed by atoms with Crippen LogP contribution in [0.4, 0.5) is 0 Å². The van der Waals surface area contributed by atoms with Gasteiger partial charge in [-0.05, 0) is 19.5 Å². The van der Waals surface area contributed by atoms with Crippen molar-refractivity contribution in [1.29, 1.82) is 0 Å². The third-order valence-corrected chi connectivity index (χ3v) is 2.50. The fourth-order valence-corrected chi connectivity index (χ4v) is 1.72. The number of hydrogen-bond donors (Lipinski definition) is 2. The van der Waals surface area contributed by atoms with Gasteiger partial charge in [0, 0.05) is 12.1 Å². The van der Waals surface area contributed by atoms with Gasteiger partial charge in [-0.1, -0.05) is 12.1 Å². The Hall–Kier alpha value is -1.26. The van der Waals surface area contributed by atoms with Gasteiger partial charge in [0.2, 0.25) is 6.79 Å². The molecule has 1 atom stereocenters. The Bertz CT molecular complexity index is 365. The molecule has 4 nitrogen and oxygen atoms in total. The van der Waals surface area contributed by atoms with Crippen molar-refractivity contribution in [1.82, 2.24) is 5.32 Å². The number of likely N-dealkylation sites (N-methyl/N-ethyl adjacent to an activating group) is 1. The van der Waals surface area contributed by atoms with Crippen LogP contribution in [0, 0.1) is 6.92 Å². The largest absolute Gasteiger partial charge is 0.453 e. The lowest BCUT2D eigenvalue weighted by Crippen LogP contribution is -2.17. The Kier molecular flexibility index (Phi) is 2.79. The molecule has 1 aromatic carbocycles. The van der Waals surface area contributed by atoms with Crippen molar-refractivity contribution in [2.24, 2.45) is 0 Å². The van der Waals surface area contributed by atoms with Gasteiger partial charge >= 0.3 is 0 Å². The number of nitrogens with one attached hydrogen (secondary N) is 1. The molecule has 0 amide bonds. The lowest BCUT2D eigenvalue weighted by atomic mass is 10.0. The van der Waals surface area contributed by atoms with Crippen LogP contribution >= 0.6 is 0 Å². The topological polar surface area (TPSA) is 50.7 Å². The predicted octanol–water partition coefficient (Wildman–Crippen LogP) is 0.977. The first-order chi connectivity index (χ1) is 7.24. The van der Waals surface area contributed by atoms with Crippen LogP contribution in [0.25, 0.3) is 0 Å². The van der Waals surface area contributed by atoms with E-state index in [1.807, 2.05) is 19.1 Å². The van der Waals surface area contributed by atoms with E-state index in [0.717, 1.165) is 16.9 Å². The summed E-state index contributed by atoms with van der Waals surface area (Å²) in [6.07, 6.45) is -0.564. The lowest BCUT2D eigenvalue weighted by molar-refractivity contribution is 0.157. The quantitative estimate of drug-likeness (QED) is 0.779. The summed E-state index contributed by atoms with van der Waals surface area (Å²) >= 11 is 0. The first-order valence-electron chi connectivity index (χ1n) is 4.95. The highest BCUT2D eigenvalue weighted by Crippen LogP contribution is 2.40. The van der Waals surface area contributed by atoms with Crippen LogP contribution in [0.15, 0.2) is 12.1 Å². The first-order valence-corrected chi connectivity index (χ1v) is 4.95. The number of aliphatic hydroxyl groups excluding tert-OH is 1. The fourth-order valence-electron chi connectivity index (χ4n) is 1.72. The van der Waals surface area contributed by atoms with Crippen molar-refractivity contribution in [3.8, 4) is 11.5 Å². The van der Waals surface area contributed by atoms with Crippen molar-refractivity contribution >= 4 is 0 Å². The minimum Gasteiger partial charge on any atom is -0.453 e. The second-order valence-corrected chi connectivity index (χ2v) is 3.61. The van der Waals surface area contributed by atoms with E-state index in [4.69, 9.17) is 9.47 Å². The van der Waals surface area contributed by atoms with Crippen molar-refractivity contribution in [3.63, 3.8) is 0 Å². The number of benzene rings is 1. The highest BCUT2D eigenvalue weighted by molar-refractivity contribution is 5.53. The van der Waals surface area contributed by atoms with Crippen LogP contribution in [-0.2, 0) is 0 Å². The van der Waals surface area contributed by atoms with E-state index in [-0.39, 0.29) is 6.79 Å². The fraction of sp³-hybridized carbons (Fsp3) is 0.455. The highest BCUT2D eigenvalue weighted by Gasteiger charge is 2.23. The zero-order valence-electron chi connectivity index (χ0n) is 8.91. The van der Waals surface area contributed by atoms with Gasteiger partial charge in [-0.15, -0.1) is 0 Å². The van der Waals surface area contributed by atoms with E-state index >= 15 is 0 Å². The van der Waals surface area contributed by atoms with Gasteiger partial charge in [-0.3, -0.25) is 0 Å². The van der Waals surface area contributed by atoms with E-state index < -0.39 is 6.10 Å². The van der Waals surface area contributed by atoms with Crippen LogP contribution in [0.3, 0.4) is 0 Å². The third-order valence-electron chi connectivity index (χ3n) is 2.50. The zero-order valence-corrected chi connectivity index (χ0v) is 8.91. The summed E-state index contributed by atoms with van der Waals surface area (Å²) in [5.41, 5.74) is 1.81. The molecule has 0 spiro atoms. The monoisotopic (exact) mass is 209 g/mol. The van der Waals surface area contributed by atoms with Crippen LogP contribution < -0.4 is 14.8 Å². The van der Waals surface area contributed by atoms with E-state index in [9.17, 15) is 5.11 Å². The van der Waals surface area contributed by atoms with Crippen molar-refractivity contribution in [3.05, 3.63) is 23.3 Å². The Balaban J connectivity index is 2.37. The molecule has 1 aliphatic rings. The summed E-state index contributed by atoms with van der Waals surface area (Å²) in [7, 11) is 1.80. The average molecular weight is 209 g/mol. The zero-order chi connectivity index (χ0) is 10.8. The van der Waals surface area contributed by atoms with Gasteiger partial charge in [0.1, 0.15) is 0 Å². The molecule has 0 saturated heterocycles. The molecule has 0 saturated carbocycles. The van der Waals surface area contributed by atoms with Crippen molar-refractivity contribution in [2.45, 2.75) is 13.0 Å². The Morgan fingerprint density at radius 1 is 1.40 bits per heavy atom. The molecule has 15 heavy (non-hydrogen) atoms. The van der Waals surface area contributed by atoms with Crippen LogP contribution in [0.5, 0.6) is 11.5 Å². The number of ether oxygens (including phenoxy) is 2. The van der Waals surface area contributed by atoms with Crippen molar-refractivity contribution in [2.75, 3.05) is 20.4 Å². The molecule has 1 heterocycles. The average Bonchev–Trinajstić information content (AvgIpc) is 2.68. The lowest BCUT2D eigenvalue weighted by Gasteiger charge is -2.13. The molecular weight excluding hydrogens is 194 g/mol. The maximum Gasteiger partial charge on any atom is 0.231 e. The number of aryl methyl sites for hydroxylation is 1. The summed E-state index contributed by atoms with van der Waals surface area (Å²) < 4.78 is 10.7. The summed E-state index contributed by atoms with van der Waals surface area (Å²) in [5.74, 6) is 1.43. The Labute approximate surface area is 88.8 Å². The molecule has 1 aromatic rings. The van der Waals surface area contributed by atoms with Gasteiger partial charge < -0.3 is 19.9 Å². The van der Waals surface area contributed by atoms with E-state index in [0.29, 0.717) is 12.3 Å². The normalized spacial score (nSPS) is 15.4. The number of rotatable bonds is 3. The summed E-state index contributed by atoms with van der Waals surface area (Å²) in [6.45, 7) is 2.69. The highest BCUT2D eigenvalue weighted by atomic mass is 16.7. The molecule has 82 valence electrons. The molecule has 2 N–H and O–H groups in total. The van der Waals surface area contributed by atoms with Crippen LogP contribution in [0.1, 0.15) is 17.2 Å². The first kappa shape index (κ1) is 10.3. The predicted molar refractivity (Wildman–Crippen MR) is 56.2 cm³/mol. The Morgan fingerprint density at radius 2 is 2.13 bits per heavy atom. The molecule has 0 radical (unpaired) electrons. The smallest absolute Gasteiger partial charge is 0.231 e. The SMILES string of the molecule is CNCC(O)c1ccc(C)c2c1OCO2. The van der Waals surface area contributed by atoms with Gasteiger partial charge in [0.05, 0.1) is 6.10 Å². The van der Waals surface area contributed by atoms with Gasteiger partial charge in [0.15, 0.2) is 11.5 Å². The number of fused-ring (bicyclic) bond motifs is 1. The molecule has 1 unspecified atom stereocenters. The van der Waals surface area contributed by atoms with Crippen LogP contribution in [-0.4, -0.2) is 25.5 Å². The van der Waals surface area contributed by atoms with E-state index in [2.05, 4.69) is 5.32 Å². The minimum absolute atomic E-state index is 0.236. The molecule has 1 aliphatic heterocycles. The van der Waals surface area contributed by atoms with Crippen LogP contribution in [0.2, 0.25) is 0 Å². The van der Waals surface area contributed by atoms with Gasteiger partial charge in [-0.25, -0.2) is 0 Å². The second kappa shape index (κ2) is 4.08. The number of aliphatic hydroxyl groups is 1. The molecule has 2 rings (SSSR count). The molecule has 4 heteroatoms. The van der Waals surface area contributed by atoms with Crippen molar-refractivity contribution < 1.29 is 14.6 Å². The summed E-state index contributed by atoms with van der Waals surface area (Å²) in [4.78, 5) is 0. The maximum absolute atomic E-state index is 9.88.